The summed E-state index contributed by atoms with van der Waals surface area (Å²) in [7, 11) is 0. The van der Waals surface area contributed by atoms with Crippen LogP contribution in [-0.4, -0.2) is 46.0 Å². The Bertz CT molecular complexity index is 1520. The Morgan fingerprint density at radius 1 is 1.04 bits per heavy atom. The summed E-state index contributed by atoms with van der Waals surface area (Å²) >= 11 is 1.62. The van der Waals surface area contributed by atoms with Crippen molar-refractivity contribution in [3.63, 3.8) is 0 Å². The Morgan fingerprint density at radius 3 is 2.40 bits per heavy atom. The average Bonchev–Trinajstić information content (AvgIpc) is 3.67. The van der Waals surface area contributed by atoms with Gasteiger partial charge in [0.2, 0.25) is 11.8 Å². The van der Waals surface area contributed by atoms with Crippen molar-refractivity contribution in [2.24, 2.45) is 5.92 Å². The lowest BCUT2D eigenvalue weighted by molar-refractivity contribution is -0.130. The summed E-state index contributed by atoms with van der Waals surface area (Å²) in [5, 5.41) is 10.4. The summed E-state index contributed by atoms with van der Waals surface area (Å²) < 4.78 is 5.55. The lowest BCUT2D eigenvalue weighted by atomic mass is 9.71. The Labute approximate surface area is 270 Å². The monoisotopic (exact) mass is 628 g/mol. The first-order valence-corrected chi connectivity index (χ1v) is 17.3. The molecule has 3 aliphatic rings. The van der Waals surface area contributed by atoms with Gasteiger partial charge in [-0.05, 0) is 112 Å². The number of likely N-dealkylation sites (tertiary alicyclic amines) is 1. The van der Waals surface area contributed by atoms with E-state index in [1.165, 1.54) is 0 Å². The van der Waals surface area contributed by atoms with Crippen molar-refractivity contribution in [1.29, 1.82) is 0 Å². The first kappa shape index (κ1) is 31.3. The number of carbonyl (C=O) groups excluding carboxylic acids is 3. The largest absolute Gasteiger partial charge is 0.444 e. The van der Waals surface area contributed by atoms with E-state index >= 15 is 0 Å². The fraction of sp³-hybridized carbons (Fsp3) is 0.500. The van der Waals surface area contributed by atoms with Gasteiger partial charge < -0.3 is 20.3 Å². The van der Waals surface area contributed by atoms with E-state index in [1.807, 2.05) is 32.2 Å². The van der Waals surface area contributed by atoms with Crippen LogP contribution >= 0.6 is 11.3 Å². The number of nitrogens with zero attached hydrogens (tertiary/aromatic N) is 2. The van der Waals surface area contributed by atoms with Gasteiger partial charge in [0, 0.05) is 36.6 Å². The highest BCUT2D eigenvalue weighted by molar-refractivity contribution is 7.08. The zero-order valence-electron chi connectivity index (χ0n) is 26.6. The SMILES string of the molecule is CC(C)(C)OC(=O)NC1(c2ccc(-c3ncc(NC(=O)CC4CCC(N5CCCC5=O)CC4)cc3-c3ccsc3)cc2)CCC1. The molecule has 0 unspecified atom stereocenters. The summed E-state index contributed by atoms with van der Waals surface area (Å²) in [6.07, 6.45) is 10.2. The Balaban J connectivity index is 1.13. The molecule has 2 aromatic heterocycles. The maximum atomic E-state index is 13.1. The average molecular weight is 629 g/mol. The normalized spacial score (nSPS) is 21.2. The molecule has 2 aliphatic carbocycles. The van der Waals surface area contributed by atoms with Crippen LogP contribution in [0.25, 0.3) is 22.4 Å². The van der Waals surface area contributed by atoms with Gasteiger partial charge in [-0.1, -0.05) is 24.3 Å². The number of hydrogen-bond acceptors (Lipinski definition) is 6. The second-order valence-corrected chi connectivity index (χ2v) is 14.7. The summed E-state index contributed by atoms with van der Waals surface area (Å²) in [4.78, 5) is 44.8. The molecule has 9 heteroatoms. The third kappa shape index (κ3) is 7.24. The van der Waals surface area contributed by atoms with Crippen molar-refractivity contribution in [1.82, 2.24) is 15.2 Å². The minimum absolute atomic E-state index is 0.00848. The van der Waals surface area contributed by atoms with Crippen LogP contribution in [0.2, 0.25) is 0 Å². The molecule has 0 spiro atoms. The smallest absolute Gasteiger partial charge is 0.408 e. The van der Waals surface area contributed by atoms with E-state index < -0.39 is 17.2 Å². The number of anilines is 1. The third-order valence-corrected chi connectivity index (χ3v) is 10.2. The van der Waals surface area contributed by atoms with Crippen molar-refractivity contribution >= 4 is 34.9 Å². The predicted octanol–water partition coefficient (Wildman–Crippen LogP) is 7.89. The second-order valence-electron chi connectivity index (χ2n) is 13.9. The van der Waals surface area contributed by atoms with Crippen LogP contribution in [0.3, 0.4) is 0 Å². The molecule has 0 radical (unpaired) electrons. The molecule has 1 aromatic carbocycles. The maximum Gasteiger partial charge on any atom is 0.408 e. The molecule has 3 aromatic rings. The molecule has 3 fully saturated rings. The number of benzene rings is 1. The third-order valence-electron chi connectivity index (χ3n) is 9.50. The fourth-order valence-corrected chi connectivity index (χ4v) is 7.71. The van der Waals surface area contributed by atoms with E-state index in [2.05, 4.69) is 51.2 Å². The molecule has 2 saturated carbocycles. The summed E-state index contributed by atoms with van der Waals surface area (Å²) in [5.41, 5.74) is 4.61. The second kappa shape index (κ2) is 12.9. The minimum Gasteiger partial charge on any atom is -0.444 e. The van der Waals surface area contributed by atoms with Crippen LogP contribution in [0.4, 0.5) is 10.5 Å². The number of aromatic nitrogens is 1. The first-order valence-electron chi connectivity index (χ1n) is 16.3. The molecule has 1 aliphatic heterocycles. The van der Waals surface area contributed by atoms with Crippen LogP contribution in [0.5, 0.6) is 0 Å². The predicted molar refractivity (Wildman–Crippen MR) is 178 cm³/mol. The summed E-state index contributed by atoms with van der Waals surface area (Å²) in [6.45, 7) is 6.50. The first-order chi connectivity index (χ1) is 21.6. The molecular weight excluding hydrogens is 584 g/mol. The van der Waals surface area contributed by atoms with Crippen molar-refractivity contribution in [2.75, 3.05) is 11.9 Å². The van der Waals surface area contributed by atoms with Crippen LogP contribution in [0, 0.1) is 5.92 Å². The van der Waals surface area contributed by atoms with Gasteiger partial charge in [-0.25, -0.2) is 4.79 Å². The van der Waals surface area contributed by atoms with Crippen molar-refractivity contribution in [3.05, 3.63) is 58.9 Å². The molecule has 6 rings (SSSR count). The molecule has 0 atom stereocenters. The van der Waals surface area contributed by atoms with Crippen LogP contribution in [-0.2, 0) is 19.9 Å². The van der Waals surface area contributed by atoms with E-state index in [0.29, 0.717) is 36.4 Å². The van der Waals surface area contributed by atoms with Crippen LogP contribution in [0.15, 0.2) is 53.4 Å². The Kier molecular flexibility index (Phi) is 9.00. The fourth-order valence-electron chi connectivity index (χ4n) is 7.05. The quantitative estimate of drug-likeness (QED) is 0.264. The lowest BCUT2D eigenvalue weighted by Crippen LogP contribution is -2.52. The zero-order valence-corrected chi connectivity index (χ0v) is 27.4. The van der Waals surface area contributed by atoms with E-state index in [4.69, 9.17) is 9.72 Å². The molecule has 8 nitrogen and oxygen atoms in total. The summed E-state index contributed by atoms with van der Waals surface area (Å²) in [5.74, 6) is 0.640. The Morgan fingerprint density at radius 2 is 1.80 bits per heavy atom. The highest BCUT2D eigenvalue weighted by Crippen LogP contribution is 2.43. The van der Waals surface area contributed by atoms with E-state index in [9.17, 15) is 14.4 Å². The minimum atomic E-state index is -0.552. The molecular formula is C36H44N4O4S. The number of thiophene rings is 1. The number of ether oxygens (including phenoxy) is 1. The van der Waals surface area contributed by atoms with Crippen molar-refractivity contribution in [3.8, 4) is 22.4 Å². The number of carbonyl (C=O) groups is 3. The topological polar surface area (TPSA) is 101 Å². The van der Waals surface area contributed by atoms with Gasteiger partial charge in [0.05, 0.1) is 23.1 Å². The molecule has 0 bridgehead atoms. The van der Waals surface area contributed by atoms with Gasteiger partial charge in [-0.15, -0.1) is 0 Å². The van der Waals surface area contributed by atoms with Crippen LogP contribution < -0.4 is 10.6 Å². The number of rotatable bonds is 8. The Hall–Kier alpha value is -3.72. The number of nitrogens with one attached hydrogen (secondary N) is 2. The standard InChI is InChI=1S/C36H44N4O4S/c1-35(2,3)44-34(43)39-36(16-5-17-36)27-11-9-25(10-12-27)33-30(26-15-19-45-23-26)21-28(22-37-33)38-31(41)20-24-7-13-29(14-8-24)40-18-4-6-32(40)42/h9-12,15,19,21-24,29H,4-8,13-14,16-18,20H2,1-3H3,(H,38,41)(H,39,43). The maximum absolute atomic E-state index is 13.1. The molecule has 2 N–H and O–H groups in total. The molecule has 45 heavy (non-hydrogen) atoms. The van der Waals surface area contributed by atoms with E-state index in [1.54, 1.807) is 17.5 Å². The van der Waals surface area contributed by atoms with Gasteiger partial charge in [0.1, 0.15) is 5.60 Å². The highest BCUT2D eigenvalue weighted by Gasteiger charge is 2.41. The summed E-state index contributed by atoms with van der Waals surface area (Å²) in [6, 6.07) is 12.7. The van der Waals surface area contributed by atoms with Crippen molar-refractivity contribution in [2.45, 2.75) is 102 Å². The van der Waals surface area contributed by atoms with Gasteiger partial charge >= 0.3 is 6.09 Å². The van der Waals surface area contributed by atoms with Gasteiger partial charge in [-0.3, -0.25) is 14.6 Å². The molecule has 3 heterocycles. The van der Waals surface area contributed by atoms with E-state index in [0.717, 1.165) is 85.9 Å². The lowest BCUT2D eigenvalue weighted by Gasteiger charge is -2.43. The van der Waals surface area contributed by atoms with Gasteiger partial charge in [0.15, 0.2) is 0 Å². The molecule has 1 saturated heterocycles. The van der Waals surface area contributed by atoms with E-state index in [-0.39, 0.29) is 5.91 Å². The number of alkyl carbamates (subject to hydrolysis) is 1. The molecule has 3 amide bonds. The zero-order chi connectivity index (χ0) is 31.6. The molecule has 238 valence electrons. The van der Waals surface area contributed by atoms with Gasteiger partial charge in [-0.2, -0.15) is 11.3 Å². The number of hydrogen-bond donors (Lipinski definition) is 2. The number of amides is 3. The van der Waals surface area contributed by atoms with Crippen molar-refractivity contribution < 1.29 is 19.1 Å². The highest BCUT2D eigenvalue weighted by atomic mass is 32.1. The number of pyridine rings is 1. The van der Waals surface area contributed by atoms with Gasteiger partial charge in [0.25, 0.3) is 0 Å². The van der Waals surface area contributed by atoms with Crippen LogP contribution in [0.1, 0.15) is 90.5 Å².